The number of halogens is 1. The predicted molar refractivity (Wildman–Crippen MR) is 73.2 cm³/mol. The van der Waals surface area contributed by atoms with E-state index in [0.717, 1.165) is 14.9 Å². The zero-order valence-electron chi connectivity index (χ0n) is 9.34. The number of aromatic nitrogens is 1. The topological polar surface area (TPSA) is 53.8 Å². The zero-order valence-corrected chi connectivity index (χ0v) is 11.7. The summed E-state index contributed by atoms with van der Waals surface area (Å²) in [7, 11) is -1.14. The summed E-state index contributed by atoms with van der Waals surface area (Å²) in [5.41, 5.74) is 1.19. The number of nitrogens with zero attached hydrogens (tertiary/aromatic N) is 2. The summed E-state index contributed by atoms with van der Waals surface area (Å²) in [4.78, 5) is 4.64. The second kappa shape index (κ2) is 5.89. The lowest BCUT2D eigenvalue weighted by Gasteiger charge is -2.04. The van der Waals surface area contributed by atoms with Gasteiger partial charge in [-0.1, -0.05) is 12.1 Å². The highest BCUT2D eigenvalue weighted by atomic mass is 79.9. The summed E-state index contributed by atoms with van der Waals surface area (Å²) < 4.78 is 13.0. The molecule has 18 heavy (non-hydrogen) atoms. The van der Waals surface area contributed by atoms with Gasteiger partial charge in [-0.3, -0.25) is 4.21 Å². The first-order valence-electron chi connectivity index (χ1n) is 5.18. The first kappa shape index (κ1) is 12.9. The van der Waals surface area contributed by atoms with Crippen LogP contribution in [0.4, 0.5) is 0 Å². The van der Waals surface area contributed by atoms with Gasteiger partial charge in [-0.2, -0.15) is 5.26 Å². The number of pyridine rings is 1. The average Bonchev–Trinajstić information content (AvgIpc) is 2.39. The van der Waals surface area contributed by atoms with Crippen LogP contribution in [-0.2, 0) is 16.6 Å². The van der Waals surface area contributed by atoms with Crippen LogP contribution in [0.1, 0.15) is 11.3 Å². The molecular formula is C13H9BrN2OS. The molecule has 90 valence electrons. The molecule has 5 heteroatoms. The second-order valence-electron chi connectivity index (χ2n) is 3.58. The third-order valence-electron chi connectivity index (χ3n) is 2.32. The van der Waals surface area contributed by atoms with Crippen LogP contribution in [0.5, 0.6) is 0 Å². The van der Waals surface area contributed by atoms with Gasteiger partial charge in [0.15, 0.2) is 0 Å². The molecule has 0 fully saturated rings. The predicted octanol–water partition coefficient (Wildman–Crippen LogP) is 3.02. The number of hydrogen-bond acceptors (Lipinski definition) is 3. The Morgan fingerprint density at radius 3 is 2.83 bits per heavy atom. The van der Waals surface area contributed by atoms with Crippen LogP contribution in [0.2, 0.25) is 0 Å². The lowest BCUT2D eigenvalue weighted by Crippen LogP contribution is -1.98. The first-order valence-corrected chi connectivity index (χ1v) is 7.30. The van der Waals surface area contributed by atoms with Gasteiger partial charge in [0, 0.05) is 10.7 Å². The highest BCUT2D eigenvalue weighted by Crippen LogP contribution is 2.21. The molecule has 0 aliphatic heterocycles. The maximum atomic E-state index is 12.2. The SMILES string of the molecule is N#Cc1cc(CS(=O)c2ccccc2Br)ccn1. The van der Waals surface area contributed by atoms with Crippen molar-refractivity contribution in [3.05, 3.63) is 58.3 Å². The third-order valence-corrected chi connectivity index (χ3v) is 4.71. The molecule has 3 nitrogen and oxygen atoms in total. The van der Waals surface area contributed by atoms with Crippen molar-refractivity contribution in [1.29, 1.82) is 5.26 Å². The Morgan fingerprint density at radius 2 is 2.11 bits per heavy atom. The van der Waals surface area contributed by atoms with Gasteiger partial charge in [0.2, 0.25) is 0 Å². The van der Waals surface area contributed by atoms with E-state index in [2.05, 4.69) is 20.9 Å². The Hall–Kier alpha value is -1.51. The summed E-state index contributed by atoms with van der Waals surface area (Å²) in [6.45, 7) is 0. The van der Waals surface area contributed by atoms with E-state index < -0.39 is 10.8 Å². The largest absolute Gasteiger partial charge is 0.254 e. The highest BCUT2D eigenvalue weighted by molar-refractivity contribution is 9.10. The smallest absolute Gasteiger partial charge is 0.140 e. The van der Waals surface area contributed by atoms with Crippen LogP contribution in [0.25, 0.3) is 0 Å². The number of benzene rings is 1. The Bertz CT molecular complexity index is 637. The lowest BCUT2D eigenvalue weighted by molar-refractivity contribution is 0.682. The van der Waals surface area contributed by atoms with E-state index in [1.54, 1.807) is 18.3 Å². The minimum Gasteiger partial charge on any atom is -0.254 e. The number of rotatable bonds is 3. The summed E-state index contributed by atoms with van der Waals surface area (Å²) >= 11 is 3.38. The average molecular weight is 321 g/mol. The first-order chi connectivity index (χ1) is 8.70. The van der Waals surface area contributed by atoms with Crippen molar-refractivity contribution in [1.82, 2.24) is 4.98 Å². The Morgan fingerprint density at radius 1 is 1.33 bits per heavy atom. The monoisotopic (exact) mass is 320 g/mol. The maximum absolute atomic E-state index is 12.2. The molecule has 0 radical (unpaired) electrons. The van der Waals surface area contributed by atoms with Crippen LogP contribution >= 0.6 is 15.9 Å². The van der Waals surface area contributed by atoms with E-state index >= 15 is 0 Å². The van der Waals surface area contributed by atoms with Crippen LogP contribution in [0.15, 0.2) is 52.0 Å². The van der Waals surface area contributed by atoms with Crippen molar-refractivity contribution in [3.8, 4) is 6.07 Å². The molecule has 0 saturated heterocycles. The fraction of sp³-hybridized carbons (Fsp3) is 0.0769. The van der Waals surface area contributed by atoms with Gasteiger partial charge >= 0.3 is 0 Å². The Balaban J connectivity index is 2.22. The standard InChI is InChI=1S/C13H9BrN2OS/c14-12-3-1-2-4-13(12)18(17)9-10-5-6-16-11(7-10)8-15/h1-7H,9H2. The van der Waals surface area contributed by atoms with E-state index in [9.17, 15) is 4.21 Å². The van der Waals surface area contributed by atoms with Gasteiger partial charge in [-0.05, 0) is 45.8 Å². The van der Waals surface area contributed by atoms with Crippen LogP contribution < -0.4 is 0 Å². The molecule has 0 aliphatic rings. The van der Waals surface area contributed by atoms with E-state index in [-0.39, 0.29) is 0 Å². The second-order valence-corrected chi connectivity index (χ2v) is 5.86. The van der Waals surface area contributed by atoms with Crippen molar-refractivity contribution in [3.63, 3.8) is 0 Å². The fourth-order valence-corrected chi connectivity index (χ4v) is 3.46. The molecule has 0 aliphatic carbocycles. The molecule has 0 bridgehead atoms. The maximum Gasteiger partial charge on any atom is 0.140 e. The Kier molecular flexibility index (Phi) is 4.24. The van der Waals surface area contributed by atoms with Crippen molar-refractivity contribution in [2.45, 2.75) is 10.6 Å². The molecule has 0 spiro atoms. The van der Waals surface area contributed by atoms with Gasteiger partial charge in [0.05, 0.1) is 21.4 Å². The fourth-order valence-electron chi connectivity index (χ4n) is 1.48. The van der Waals surface area contributed by atoms with Crippen LogP contribution in [0.3, 0.4) is 0 Å². The van der Waals surface area contributed by atoms with E-state index in [0.29, 0.717) is 11.4 Å². The van der Waals surface area contributed by atoms with Gasteiger partial charge in [0.25, 0.3) is 0 Å². The van der Waals surface area contributed by atoms with Gasteiger partial charge < -0.3 is 0 Å². The molecule has 2 aromatic rings. The molecule has 0 N–H and O–H groups in total. The molecular weight excluding hydrogens is 312 g/mol. The molecule has 1 unspecified atom stereocenters. The molecule has 2 rings (SSSR count). The molecule has 1 atom stereocenters. The van der Waals surface area contributed by atoms with Gasteiger partial charge in [-0.15, -0.1) is 0 Å². The lowest BCUT2D eigenvalue weighted by atomic mass is 10.2. The highest BCUT2D eigenvalue weighted by Gasteiger charge is 2.09. The summed E-state index contributed by atoms with van der Waals surface area (Å²) in [5, 5.41) is 8.76. The van der Waals surface area contributed by atoms with E-state index in [4.69, 9.17) is 5.26 Å². The van der Waals surface area contributed by atoms with Crippen molar-refractivity contribution in [2.24, 2.45) is 0 Å². The van der Waals surface area contributed by atoms with Crippen molar-refractivity contribution in [2.75, 3.05) is 0 Å². The Labute approximate surface area is 116 Å². The molecule has 1 aromatic carbocycles. The molecule has 0 amide bonds. The number of nitriles is 1. The van der Waals surface area contributed by atoms with Crippen LogP contribution in [0, 0.1) is 11.3 Å². The zero-order chi connectivity index (χ0) is 13.0. The number of hydrogen-bond donors (Lipinski definition) is 0. The minimum absolute atomic E-state index is 0.344. The molecule has 0 saturated carbocycles. The van der Waals surface area contributed by atoms with Crippen molar-refractivity contribution >= 4 is 26.7 Å². The van der Waals surface area contributed by atoms with Crippen molar-refractivity contribution < 1.29 is 4.21 Å². The van der Waals surface area contributed by atoms with Crippen LogP contribution in [-0.4, -0.2) is 9.19 Å². The molecule has 1 aromatic heterocycles. The normalized spacial score (nSPS) is 11.8. The minimum atomic E-state index is -1.14. The molecule has 1 heterocycles. The van der Waals surface area contributed by atoms with E-state index in [1.165, 1.54) is 0 Å². The summed E-state index contributed by atoms with van der Waals surface area (Å²) in [6, 6.07) is 12.8. The van der Waals surface area contributed by atoms with Gasteiger partial charge in [0.1, 0.15) is 11.8 Å². The van der Waals surface area contributed by atoms with E-state index in [1.807, 2.05) is 30.3 Å². The summed E-state index contributed by atoms with van der Waals surface area (Å²) in [6.07, 6.45) is 1.56. The quantitative estimate of drug-likeness (QED) is 0.873. The summed E-state index contributed by atoms with van der Waals surface area (Å²) in [5.74, 6) is 0.375. The third kappa shape index (κ3) is 3.03. The van der Waals surface area contributed by atoms with Gasteiger partial charge in [-0.25, -0.2) is 4.98 Å².